The van der Waals surface area contributed by atoms with Crippen LogP contribution in [-0.2, 0) is 24.3 Å². The molecule has 180 valence electrons. The summed E-state index contributed by atoms with van der Waals surface area (Å²) in [6.07, 6.45) is 5.84. The molecule has 2 aliphatic rings. The predicted molar refractivity (Wildman–Crippen MR) is 129 cm³/mol. The molecule has 0 unspecified atom stereocenters. The summed E-state index contributed by atoms with van der Waals surface area (Å²) in [5.74, 6) is 1.36. The molecule has 0 fully saturated rings. The van der Waals surface area contributed by atoms with E-state index in [1.165, 1.54) is 11.8 Å². The second-order valence-corrected chi connectivity index (χ2v) is 9.20. The number of aryl methyl sites for hydroxylation is 1. The summed E-state index contributed by atoms with van der Waals surface area (Å²) < 4.78 is 11.2. The van der Waals surface area contributed by atoms with Crippen LogP contribution in [0, 0.1) is 6.92 Å². The molecule has 5 rings (SSSR count). The number of amides is 2. The normalized spacial score (nSPS) is 14.3. The number of aromatic nitrogens is 3. The van der Waals surface area contributed by atoms with Gasteiger partial charge in [-0.25, -0.2) is 9.97 Å². The van der Waals surface area contributed by atoms with Crippen molar-refractivity contribution in [1.29, 1.82) is 0 Å². The average Bonchev–Trinajstić information content (AvgIpc) is 2.91. The van der Waals surface area contributed by atoms with Gasteiger partial charge in [-0.15, -0.1) is 0 Å². The summed E-state index contributed by atoms with van der Waals surface area (Å²) in [6, 6.07) is 7.05. The number of benzene rings is 1. The maximum atomic E-state index is 13.2. The second kappa shape index (κ2) is 10.3. The van der Waals surface area contributed by atoms with Crippen LogP contribution in [0.1, 0.15) is 32.7 Å². The Balaban J connectivity index is 1.24. The summed E-state index contributed by atoms with van der Waals surface area (Å²) in [5, 5.41) is 3.56. The van der Waals surface area contributed by atoms with Gasteiger partial charge < -0.3 is 19.7 Å². The molecule has 3 aromatic rings. The van der Waals surface area contributed by atoms with Crippen LogP contribution in [0.4, 0.5) is 0 Å². The summed E-state index contributed by atoms with van der Waals surface area (Å²) in [5.41, 5.74) is 4.63. The number of ether oxygens (including phenoxy) is 2. The van der Waals surface area contributed by atoms with Crippen molar-refractivity contribution in [2.24, 2.45) is 0 Å². The molecule has 0 saturated carbocycles. The Labute approximate surface area is 207 Å². The molecule has 0 radical (unpaired) electrons. The van der Waals surface area contributed by atoms with E-state index in [0.717, 1.165) is 22.4 Å². The van der Waals surface area contributed by atoms with E-state index >= 15 is 0 Å². The number of nitrogens with zero attached hydrogens (tertiary/aromatic N) is 4. The van der Waals surface area contributed by atoms with Crippen molar-refractivity contribution in [3.8, 4) is 11.5 Å². The first-order valence-electron chi connectivity index (χ1n) is 11.4. The molecular weight excluding hydrogens is 466 g/mol. The Morgan fingerprint density at radius 1 is 1.11 bits per heavy atom. The smallest absolute Gasteiger partial charge is 0.254 e. The van der Waals surface area contributed by atoms with Crippen LogP contribution in [0.2, 0.25) is 0 Å². The van der Waals surface area contributed by atoms with Crippen molar-refractivity contribution in [2.45, 2.75) is 31.6 Å². The minimum absolute atomic E-state index is 0.0526. The van der Waals surface area contributed by atoms with Crippen LogP contribution < -0.4 is 14.8 Å². The van der Waals surface area contributed by atoms with Crippen LogP contribution in [0.15, 0.2) is 48.0 Å². The van der Waals surface area contributed by atoms with Crippen molar-refractivity contribution in [1.82, 2.24) is 25.2 Å². The molecule has 2 aliphatic heterocycles. The highest BCUT2D eigenvalue weighted by Crippen LogP contribution is 2.32. The van der Waals surface area contributed by atoms with Gasteiger partial charge in [0.25, 0.3) is 5.91 Å². The molecule has 1 N–H and O–H groups in total. The van der Waals surface area contributed by atoms with Crippen molar-refractivity contribution >= 4 is 23.6 Å². The van der Waals surface area contributed by atoms with Crippen LogP contribution >= 0.6 is 11.8 Å². The molecule has 0 atom stereocenters. The third kappa shape index (κ3) is 5.22. The highest BCUT2D eigenvalue weighted by molar-refractivity contribution is 7.99. The van der Waals surface area contributed by atoms with Crippen molar-refractivity contribution in [3.63, 3.8) is 0 Å². The fraction of sp³-hybridized carbons (Fsp3) is 0.320. The molecule has 10 heteroatoms. The Morgan fingerprint density at radius 2 is 1.91 bits per heavy atom. The SMILES string of the molecule is Cc1ncc2c(c1CNC(=O)CSc1ncccn1)CCN(C(=O)c1ccc3c(c1)OCCO3)C2. The van der Waals surface area contributed by atoms with E-state index in [0.29, 0.717) is 61.5 Å². The second-order valence-electron chi connectivity index (χ2n) is 8.26. The standard InChI is InChI=1S/C25H25N5O4S/c1-16-20(13-29-23(31)15-35-25-26-6-2-7-27-25)19-5-8-30(14-18(19)12-28-16)24(32)17-3-4-21-22(11-17)34-10-9-33-21/h2-4,6-7,11-12H,5,8-10,13-15H2,1H3,(H,29,31). The fourth-order valence-corrected chi connectivity index (χ4v) is 4.85. The summed E-state index contributed by atoms with van der Waals surface area (Å²) in [7, 11) is 0. The number of pyridine rings is 1. The maximum Gasteiger partial charge on any atom is 0.254 e. The van der Waals surface area contributed by atoms with E-state index in [-0.39, 0.29) is 17.6 Å². The molecule has 2 amide bonds. The number of nitrogens with one attached hydrogen (secondary N) is 1. The van der Waals surface area contributed by atoms with Gasteiger partial charge in [-0.05, 0) is 54.3 Å². The number of carbonyl (C=O) groups is 2. The number of hydrogen-bond acceptors (Lipinski definition) is 8. The lowest BCUT2D eigenvalue weighted by molar-refractivity contribution is -0.118. The van der Waals surface area contributed by atoms with Gasteiger partial charge >= 0.3 is 0 Å². The van der Waals surface area contributed by atoms with Gasteiger partial charge in [-0.1, -0.05) is 11.8 Å². The lowest BCUT2D eigenvalue weighted by atomic mass is 9.94. The molecule has 0 bridgehead atoms. The Hall–Kier alpha value is -3.66. The molecule has 35 heavy (non-hydrogen) atoms. The van der Waals surface area contributed by atoms with Gasteiger partial charge in [0.05, 0.1) is 5.75 Å². The summed E-state index contributed by atoms with van der Waals surface area (Å²) in [6.45, 7) is 4.39. The Kier molecular flexibility index (Phi) is 6.80. The number of carbonyl (C=O) groups excluding carboxylic acids is 2. The van der Waals surface area contributed by atoms with Gasteiger partial charge in [0.2, 0.25) is 5.91 Å². The quantitative estimate of drug-likeness (QED) is 0.414. The van der Waals surface area contributed by atoms with Gasteiger partial charge in [0.15, 0.2) is 16.7 Å². The first-order valence-corrected chi connectivity index (χ1v) is 12.4. The van der Waals surface area contributed by atoms with E-state index in [1.807, 2.05) is 18.0 Å². The topological polar surface area (TPSA) is 107 Å². The molecular formula is C25H25N5O4S. The number of fused-ring (bicyclic) bond motifs is 2. The van der Waals surface area contributed by atoms with E-state index in [4.69, 9.17) is 9.47 Å². The average molecular weight is 492 g/mol. The zero-order valence-electron chi connectivity index (χ0n) is 19.3. The van der Waals surface area contributed by atoms with E-state index in [9.17, 15) is 9.59 Å². The monoisotopic (exact) mass is 491 g/mol. The van der Waals surface area contributed by atoms with Crippen molar-refractivity contribution < 1.29 is 19.1 Å². The fourth-order valence-electron chi connectivity index (χ4n) is 4.22. The zero-order valence-corrected chi connectivity index (χ0v) is 20.1. The summed E-state index contributed by atoms with van der Waals surface area (Å²) >= 11 is 1.30. The van der Waals surface area contributed by atoms with Crippen LogP contribution in [0.3, 0.4) is 0 Å². The van der Waals surface area contributed by atoms with Gasteiger partial charge in [0.1, 0.15) is 13.2 Å². The molecule has 0 saturated heterocycles. The molecule has 0 aliphatic carbocycles. The Bertz CT molecular complexity index is 1250. The molecule has 4 heterocycles. The van der Waals surface area contributed by atoms with Gasteiger partial charge in [-0.2, -0.15) is 0 Å². The van der Waals surface area contributed by atoms with E-state index in [2.05, 4.69) is 20.3 Å². The van der Waals surface area contributed by atoms with Crippen molar-refractivity contribution in [2.75, 3.05) is 25.5 Å². The zero-order chi connectivity index (χ0) is 24.2. The Morgan fingerprint density at radius 3 is 2.74 bits per heavy atom. The predicted octanol–water partition coefficient (Wildman–Crippen LogP) is 2.56. The molecule has 9 nitrogen and oxygen atoms in total. The first-order chi connectivity index (χ1) is 17.1. The highest BCUT2D eigenvalue weighted by Gasteiger charge is 2.26. The van der Waals surface area contributed by atoms with Crippen LogP contribution in [0.25, 0.3) is 0 Å². The molecule has 1 aromatic carbocycles. The van der Waals surface area contributed by atoms with Gasteiger partial charge in [-0.3, -0.25) is 14.6 Å². The van der Waals surface area contributed by atoms with E-state index < -0.39 is 0 Å². The largest absolute Gasteiger partial charge is 0.486 e. The summed E-state index contributed by atoms with van der Waals surface area (Å²) in [4.78, 5) is 40.2. The third-order valence-electron chi connectivity index (χ3n) is 6.01. The highest BCUT2D eigenvalue weighted by atomic mass is 32.2. The first kappa shape index (κ1) is 23.1. The maximum absolute atomic E-state index is 13.2. The minimum atomic E-state index is -0.0920. The molecule has 0 spiro atoms. The lowest BCUT2D eigenvalue weighted by Gasteiger charge is -2.31. The number of rotatable bonds is 6. The minimum Gasteiger partial charge on any atom is -0.486 e. The lowest BCUT2D eigenvalue weighted by Crippen LogP contribution is -2.37. The van der Waals surface area contributed by atoms with Crippen molar-refractivity contribution in [3.05, 3.63) is 70.8 Å². The number of hydrogen-bond donors (Lipinski definition) is 1. The van der Waals surface area contributed by atoms with Crippen LogP contribution in [-0.4, -0.2) is 57.2 Å². The van der Waals surface area contributed by atoms with Gasteiger partial charge in [0, 0.05) is 49.5 Å². The third-order valence-corrected chi connectivity index (χ3v) is 6.88. The molecule has 2 aromatic heterocycles. The van der Waals surface area contributed by atoms with Crippen LogP contribution in [0.5, 0.6) is 11.5 Å². The van der Waals surface area contributed by atoms with E-state index in [1.54, 1.807) is 36.7 Å². The number of thioether (sulfide) groups is 1.